The Labute approximate surface area is 186 Å². The number of hydrogen-bond donors (Lipinski definition) is 1. The van der Waals surface area contributed by atoms with Crippen molar-refractivity contribution in [3.63, 3.8) is 0 Å². The van der Waals surface area contributed by atoms with Gasteiger partial charge < -0.3 is 14.8 Å². The summed E-state index contributed by atoms with van der Waals surface area (Å²) in [5.41, 5.74) is 1.98. The first-order valence-electron chi connectivity index (χ1n) is 9.86. The summed E-state index contributed by atoms with van der Waals surface area (Å²) in [5, 5.41) is 12.2. The molecular weight excluding hydrogens is 412 g/mol. The van der Waals surface area contributed by atoms with Crippen molar-refractivity contribution in [2.75, 3.05) is 26.5 Å². The van der Waals surface area contributed by atoms with Gasteiger partial charge in [-0.25, -0.2) is 0 Å². The Balaban J connectivity index is 1.58. The monoisotopic (exact) mass is 438 g/mol. The Bertz CT molecular complexity index is 1020. The third kappa shape index (κ3) is 5.88. The fourth-order valence-electron chi connectivity index (χ4n) is 3.04. The first-order chi connectivity index (χ1) is 15.2. The Morgan fingerprint density at radius 1 is 1.13 bits per heavy atom. The van der Waals surface area contributed by atoms with Crippen LogP contribution in [0.15, 0.2) is 66.3 Å². The number of amides is 1. The topological polar surface area (TPSA) is 78.3 Å². The first-order valence-corrected chi connectivity index (χ1v) is 10.8. The number of methoxy groups -OCH3 is 2. The standard InChI is InChI=1S/C23H26N4O3S/c1-4-15-27-22(19-7-5-6-8-20(19)30-3)25-26-23(27)31-16-21(28)24-14-13-17-9-11-18(29-2)12-10-17/h4-12H,1,13-16H2,2-3H3,(H,24,28). The molecule has 7 nitrogen and oxygen atoms in total. The van der Waals surface area contributed by atoms with Gasteiger partial charge in [0, 0.05) is 13.1 Å². The molecule has 0 radical (unpaired) electrons. The summed E-state index contributed by atoms with van der Waals surface area (Å²) >= 11 is 1.35. The maximum atomic E-state index is 12.3. The fraction of sp³-hybridized carbons (Fsp3) is 0.261. The Kier molecular flexibility index (Phi) is 8.12. The average Bonchev–Trinajstić information content (AvgIpc) is 3.20. The van der Waals surface area contributed by atoms with Crippen LogP contribution in [0, 0.1) is 0 Å². The second kappa shape index (κ2) is 11.2. The van der Waals surface area contributed by atoms with Crippen molar-refractivity contribution in [1.29, 1.82) is 0 Å². The molecule has 0 atom stereocenters. The molecule has 162 valence electrons. The van der Waals surface area contributed by atoms with Crippen LogP contribution in [0.4, 0.5) is 0 Å². The maximum Gasteiger partial charge on any atom is 0.230 e. The van der Waals surface area contributed by atoms with E-state index >= 15 is 0 Å². The minimum absolute atomic E-state index is 0.0505. The van der Waals surface area contributed by atoms with Crippen molar-refractivity contribution in [1.82, 2.24) is 20.1 Å². The van der Waals surface area contributed by atoms with Gasteiger partial charge in [-0.2, -0.15) is 0 Å². The lowest BCUT2D eigenvalue weighted by Gasteiger charge is -2.10. The van der Waals surface area contributed by atoms with E-state index in [0.29, 0.717) is 29.8 Å². The van der Waals surface area contributed by atoms with E-state index in [2.05, 4.69) is 22.1 Å². The van der Waals surface area contributed by atoms with Gasteiger partial charge in [-0.1, -0.05) is 42.1 Å². The maximum absolute atomic E-state index is 12.3. The predicted molar refractivity (Wildman–Crippen MR) is 123 cm³/mol. The predicted octanol–water partition coefficient (Wildman–Crippen LogP) is 3.60. The van der Waals surface area contributed by atoms with Crippen molar-refractivity contribution in [3.05, 3.63) is 66.7 Å². The van der Waals surface area contributed by atoms with E-state index in [0.717, 1.165) is 23.3 Å². The van der Waals surface area contributed by atoms with E-state index in [-0.39, 0.29) is 11.7 Å². The summed E-state index contributed by atoms with van der Waals surface area (Å²) in [6.07, 6.45) is 2.53. The molecule has 3 rings (SSSR count). The van der Waals surface area contributed by atoms with Crippen LogP contribution in [-0.2, 0) is 17.8 Å². The van der Waals surface area contributed by atoms with Crippen LogP contribution in [0.1, 0.15) is 5.56 Å². The molecule has 0 aliphatic rings. The van der Waals surface area contributed by atoms with E-state index in [1.54, 1.807) is 20.3 Å². The van der Waals surface area contributed by atoms with Gasteiger partial charge in [0.05, 0.1) is 25.5 Å². The summed E-state index contributed by atoms with van der Waals surface area (Å²) in [5.74, 6) is 2.42. The summed E-state index contributed by atoms with van der Waals surface area (Å²) in [6, 6.07) is 15.5. The molecule has 31 heavy (non-hydrogen) atoms. The smallest absolute Gasteiger partial charge is 0.230 e. The largest absolute Gasteiger partial charge is 0.497 e. The molecule has 1 amide bonds. The number of carbonyl (C=O) groups is 1. The highest BCUT2D eigenvalue weighted by molar-refractivity contribution is 7.99. The van der Waals surface area contributed by atoms with Gasteiger partial charge in [-0.05, 0) is 36.2 Å². The number of thioether (sulfide) groups is 1. The van der Waals surface area contributed by atoms with Gasteiger partial charge >= 0.3 is 0 Å². The van der Waals surface area contributed by atoms with E-state index < -0.39 is 0 Å². The zero-order valence-corrected chi connectivity index (χ0v) is 18.5. The van der Waals surface area contributed by atoms with Gasteiger partial charge in [0.1, 0.15) is 11.5 Å². The molecule has 0 aliphatic heterocycles. The zero-order chi connectivity index (χ0) is 22.1. The van der Waals surface area contributed by atoms with Crippen LogP contribution in [0.3, 0.4) is 0 Å². The summed E-state index contributed by atoms with van der Waals surface area (Å²) in [4.78, 5) is 12.3. The molecule has 0 spiro atoms. The first kappa shape index (κ1) is 22.4. The molecule has 8 heteroatoms. The van der Waals surface area contributed by atoms with E-state index in [1.807, 2.05) is 53.1 Å². The lowest BCUT2D eigenvalue weighted by atomic mass is 10.1. The zero-order valence-electron chi connectivity index (χ0n) is 17.7. The number of ether oxygens (including phenoxy) is 2. The number of benzene rings is 2. The van der Waals surface area contributed by atoms with Gasteiger partial charge in [-0.15, -0.1) is 16.8 Å². The summed E-state index contributed by atoms with van der Waals surface area (Å²) < 4.78 is 12.5. The number of carbonyl (C=O) groups excluding carboxylic acids is 1. The van der Waals surface area contributed by atoms with Crippen LogP contribution in [0.25, 0.3) is 11.4 Å². The quantitative estimate of drug-likeness (QED) is 0.364. The number of allylic oxidation sites excluding steroid dienone is 1. The van der Waals surface area contributed by atoms with Gasteiger partial charge in [0.15, 0.2) is 11.0 Å². The van der Waals surface area contributed by atoms with E-state index in [4.69, 9.17) is 9.47 Å². The molecule has 0 saturated carbocycles. The molecule has 0 unspecified atom stereocenters. The van der Waals surface area contributed by atoms with Crippen molar-refractivity contribution >= 4 is 17.7 Å². The Hall–Kier alpha value is -3.26. The van der Waals surface area contributed by atoms with Crippen LogP contribution in [0.5, 0.6) is 11.5 Å². The molecule has 0 aliphatic carbocycles. The number of nitrogens with zero attached hydrogens (tertiary/aromatic N) is 3. The molecule has 0 bridgehead atoms. The molecule has 1 heterocycles. The second-order valence-corrected chi connectivity index (χ2v) is 7.58. The van der Waals surface area contributed by atoms with Crippen LogP contribution in [-0.4, -0.2) is 47.2 Å². The van der Waals surface area contributed by atoms with Gasteiger partial charge in [-0.3, -0.25) is 9.36 Å². The SMILES string of the molecule is C=CCn1c(SCC(=O)NCCc2ccc(OC)cc2)nnc1-c1ccccc1OC. The molecule has 2 aromatic carbocycles. The summed E-state index contributed by atoms with van der Waals surface area (Å²) in [6.45, 7) is 4.92. The minimum atomic E-state index is -0.0505. The normalized spacial score (nSPS) is 10.5. The van der Waals surface area contributed by atoms with Crippen LogP contribution >= 0.6 is 11.8 Å². The number of aromatic nitrogens is 3. The van der Waals surface area contributed by atoms with Crippen molar-refractivity contribution in [2.24, 2.45) is 0 Å². The molecule has 1 aromatic heterocycles. The number of hydrogen-bond acceptors (Lipinski definition) is 6. The highest BCUT2D eigenvalue weighted by Crippen LogP contribution is 2.30. The van der Waals surface area contributed by atoms with Crippen LogP contribution in [0.2, 0.25) is 0 Å². The van der Waals surface area contributed by atoms with Crippen molar-refractivity contribution in [3.8, 4) is 22.9 Å². The Morgan fingerprint density at radius 2 is 1.90 bits per heavy atom. The van der Waals surface area contributed by atoms with Crippen molar-refractivity contribution < 1.29 is 14.3 Å². The van der Waals surface area contributed by atoms with Gasteiger partial charge in [0.25, 0.3) is 0 Å². The molecule has 3 aromatic rings. The van der Waals surface area contributed by atoms with E-state index in [9.17, 15) is 4.79 Å². The molecular formula is C23H26N4O3S. The third-order valence-corrected chi connectivity index (χ3v) is 5.57. The average molecular weight is 439 g/mol. The molecule has 1 N–H and O–H groups in total. The molecule has 0 fully saturated rings. The lowest BCUT2D eigenvalue weighted by Crippen LogP contribution is -2.27. The lowest BCUT2D eigenvalue weighted by molar-refractivity contribution is -0.118. The second-order valence-electron chi connectivity index (χ2n) is 6.64. The highest BCUT2D eigenvalue weighted by Gasteiger charge is 2.17. The summed E-state index contributed by atoms with van der Waals surface area (Å²) in [7, 11) is 3.26. The minimum Gasteiger partial charge on any atom is -0.497 e. The number of rotatable bonds is 11. The number of nitrogens with one attached hydrogen (secondary N) is 1. The van der Waals surface area contributed by atoms with Crippen LogP contribution < -0.4 is 14.8 Å². The third-order valence-electron chi connectivity index (χ3n) is 4.60. The fourth-order valence-corrected chi connectivity index (χ4v) is 3.82. The number of para-hydroxylation sites is 1. The molecule has 0 saturated heterocycles. The van der Waals surface area contributed by atoms with Gasteiger partial charge in [0.2, 0.25) is 5.91 Å². The Morgan fingerprint density at radius 3 is 2.61 bits per heavy atom. The highest BCUT2D eigenvalue weighted by atomic mass is 32.2. The van der Waals surface area contributed by atoms with Crippen molar-refractivity contribution in [2.45, 2.75) is 18.1 Å². The van der Waals surface area contributed by atoms with E-state index in [1.165, 1.54) is 11.8 Å².